The Morgan fingerprint density at radius 1 is 1.30 bits per heavy atom. The first kappa shape index (κ1) is 16.2. The quantitative estimate of drug-likeness (QED) is 0.849. The molecule has 1 aliphatic rings. The Kier molecular flexibility index (Phi) is 5.15. The number of benzene rings is 1. The van der Waals surface area contributed by atoms with E-state index in [-0.39, 0.29) is 5.91 Å². The van der Waals surface area contributed by atoms with E-state index in [2.05, 4.69) is 9.88 Å². The fraction of sp³-hybridized carbons (Fsp3) is 0.375. The number of methoxy groups -OCH3 is 1. The summed E-state index contributed by atoms with van der Waals surface area (Å²) >= 11 is 7.70. The number of ether oxygens (including phenoxy) is 1. The van der Waals surface area contributed by atoms with Gasteiger partial charge in [0.2, 0.25) is 0 Å². The molecule has 0 radical (unpaired) electrons. The van der Waals surface area contributed by atoms with Crippen molar-refractivity contribution < 1.29 is 9.53 Å². The van der Waals surface area contributed by atoms with Gasteiger partial charge in [0.15, 0.2) is 0 Å². The molecule has 1 aromatic carbocycles. The Balaban J connectivity index is 1.62. The van der Waals surface area contributed by atoms with Crippen molar-refractivity contribution >= 4 is 34.5 Å². The van der Waals surface area contributed by atoms with Crippen LogP contribution in [0.3, 0.4) is 0 Å². The lowest BCUT2D eigenvalue weighted by Crippen LogP contribution is -2.49. The van der Waals surface area contributed by atoms with Crippen LogP contribution >= 0.6 is 22.9 Å². The van der Waals surface area contributed by atoms with Gasteiger partial charge in [0, 0.05) is 38.7 Å². The number of carbonyl (C=O) groups is 1. The molecule has 1 saturated heterocycles. The molecule has 1 fully saturated rings. The summed E-state index contributed by atoms with van der Waals surface area (Å²) < 4.78 is 5.04. The predicted octanol–water partition coefficient (Wildman–Crippen LogP) is 2.91. The zero-order valence-corrected chi connectivity index (χ0v) is 14.4. The number of amides is 1. The third-order valence-electron chi connectivity index (χ3n) is 3.80. The van der Waals surface area contributed by atoms with Crippen LogP contribution in [0.2, 0.25) is 5.02 Å². The minimum Gasteiger partial charge on any atom is -0.378 e. The summed E-state index contributed by atoms with van der Waals surface area (Å²) in [7, 11) is 1.62. The molecule has 0 bridgehead atoms. The Bertz CT molecular complexity index is 683. The van der Waals surface area contributed by atoms with Crippen molar-refractivity contribution in [3.63, 3.8) is 0 Å². The highest BCUT2D eigenvalue weighted by molar-refractivity contribution is 7.09. The molecular formula is C16H18ClN3O2S. The summed E-state index contributed by atoms with van der Waals surface area (Å²) in [6.45, 7) is 3.32. The highest BCUT2D eigenvalue weighted by Crippen LogP contribution is 2.26. The van der Waals surface area contributed by atoms with Gasteiger partial charge in [0.25, 0.3) is 5.91 Å². The lowest BCUT2D eigenvalue weighted by Gasteiger charge is -2.36. The highest BCUT2D eigenvalue weighted by Gasteiger charge is 2.24. The Morgan fingerprint density at radius 3 is 2.74 bits per heavy atom. The molecule has 122 valence electrons. The van der Waals surface area contributed by atoms with E-state index in [4.69, 9.17) is 16.3 Å². The number of piperazine rings is 1. The maximum Gasteiger partial charge on any atom is 0.273 e. The molecule has 0 saturated carbocycles. The standard InChI is InChI=1S/C16H18ClN3O2S/c1-22-10-15-18-13(11-23-15)16(21)20-8-6-19(7-9-20)14-5-3-2-4-12(14)17/h2-5,11H,6-10H2,1H3. The SMILES string of the molecule is COCc1nc(C(=O)N2CCN(c3ccccc3Cl)CC2)cs1. The molecule has 7 heteroatoms. The Hall–Kier alpha value is -1.63. The first-order valence-electron chi connectivity index (χ1n) is 7.41. The third kappa shape index (κ3) is 3.65. The molecule has 0 unspecified atom stereocenters. The van der Waals surface area contributed by atoms with Gasteiger partial charge < -0.3 is 14.5 Å². The largest absolute Gasteiger partial charge is 0.378 e. The maximum atomic E-state index is 12.5. The predicted molar refractivity (Wildman–Crippen MR) is 92.4 cm³/mol. The minimum absolute atomic E-state index is 0.0117. The summed E-state index contributed by atoms with van der Waals surface area (Å²) in [6, 6.07) is 7.80. The fourth-order valence-electron chi connectivity index (χ4n) is 2.62. The van der Waals surface area contributed by atoms with Crippen LogP contribution in [0.1, 0.15) is 15.5 Å². The normalized spacial score (nSPS) is 15.0. The number of hydrogen-bond acceptors (Lipinski definition) is 5. The van der Waals surface area contributed by atoms with Gasteiger partial charge >= 0.3 is 0 Å². The van der Waals surface area contributed by atoms with E-state index >= 15 is 0 Å². The van der Waals surface area contributed by atoms with E-state index < -0.39 is 0 Å². The molecule has 1 amide bonds. The van der Waals surface area contributed by atoms with E-state index in [0.29, 0.717) is 25.4 Å². The molecule has 0 N–H and O–H groups in total. The van der Waals surface area contributed by atoms with E-state index in [1.165, 1.54) is 11.3 Å². The summed E-state index contributed by atoms with van der Waals surface area (Å²) in [5, 5.41) is 3.37. The van der Waals surface area contributed by atoms with E-state index in [0.717, 1.165) is 28.8 Å². The van der Waals surface area contributed by atoms with Crippen molar-refractivity contribution in [2.24, 2.45) is 0 Å². The Morgan fingerprint density at radius 2 is 2.04 bits per heavy atom. The third-order valence-corrected chi connectivity index (χ3v) is 4.94. The van der Waals surface area contributed by atoms with Crippen molar-refractivity contribution in [1.82, 2.24) is 9.88 Å². The van der Waals surface area contributed by atoms with Gasteiger partial charge in [-0.25, -0.2) is 4.98 Å². The van der Waals surface area contributed by atoms with Gasteiger partial charge in [-0.1, -0.05) is 23.7 Å². The number of hydrogen-bond donors (Lipinski definition) is 0. The Labute approximate surface area is 144 Å². The molecule has 0 spiro atoms. The van der Waals surface area contributed by atoms with Gasteiger partial charge in [-0.05, 0) is 12.1 Å². The molecule has 5 nitrogen and oxygen atoms in total. The van der Waals surface area contributed by atoms with Crippen LogP contribution in [0.5, 0.6) is 0 Å². The second-order valence-corrected chi connectivity index (χ2v) is 6.64. The summed E-state index contributed by atoms with van der Waals surface area (Å²) in [5.41, 5.74) is 1.53. The van der Waals surface area contributed by atoms with Crippen LogP contribution in [0.15, 0.2) is 29.6 Å². The zero-order valence-electron chi connectivity index (χ0n) is 12.9. The van der Waals surface area contributed by atoms with Gasteiger partial charge in [-0.3, -0.25) is 4.79 Å². The summed E-state index contributed by atoms with van der Waals surface area (Å²) in [6.07, 6.45) is 0. The summed E-state index contributed by atoms with van der Waals surface area (Å²) in [4.78, 5) is 20.9. The monoisotopic (exact) mass is 351 g/mol. The van der Waals surface area contributed by atoms with Crippen molar-refractivity contribution in [3.8, 4) is 0 Å². The summed E-state index contributed by atoms with van der Waals surface area (Å²) in [5.74, 6) is -0.0117. The van der Waals surface area contributed by atoms with Crippen LogP contribution in [0, 0.1) is 0 Å². The molecular weight excluding hydrogens is 334 g/mol. The lowest BCUT2D eigenvalue weighted by atomic mass is 10.2. The van der Waals surface area contributed by atoms with Crippen LogP contribution in [-0.2, 0) is 11.3 Å². The van der Waals surface area contributed by atoms with Crippen LogP contribution in [0.4, 0.5) is 5.69 Å². The second-order valence-electron chi connectivity index (χ2n) is 5.29. The molecule has 0 aliphatic carbocycles. The number of nitrogens with zero attached hydrogens (tertiary/aromatic N) is 3. The number of aromatic nitrogens is 1. The van der Waals surface area contributed by atoms with Crippen LogP contribution < -0.4 is 4.90 Å². The van der Waals surface area contributed by atoms with Gasteiger partial charge in [0.05, 0.1) is 17.3 Å². The highest BCUT2D eigenvalue weighted by atomic mass is 35.5. The number of thiazole rings is 1. The number of rotatable bonds is 4. The second kappa shape index (κ2) is 7.29. The molecule has 2 heterocycles. The topological polar surface area (TPSA) is 45.7 Å². The number of halogens is 1. The minimum atomic E-state index is -0.0117. The molecule has 2 aromatic rings. The van der Waals surface area contributed by atoms with Gasteiger partial charge in [-0.15, -0.1) is 11.3 Å². The van der Waals surface area contributed by atoms with Gasteiger partial charge in [-0.2, -0.15) is 0 Å². The first-order chi connectivity index (χ1) is 11.2. The maximum absolute atomic E-state index is 12.5. The van der Waals surface area contributed by atoms with E-state index in [9.17, 15) is 4.79 Å². The van der Waals surface area contributed by atoms with Crippen LogP contribution in [0.25, 0.3) is 0 Å². The smallest absolute Gasteiger partial charge is 0.273 e. The number of carbonyl (C=O) groups excluding carboxylic acids is 1. The average Bonchev–Trinajstić information content (AvgIpc) is 3.04. The van der Waals surface area contributed by atoms with Crippen molar-refractivity contribution in [1.29, 1.82) is 0 Å². The van der Waals surface area contributed by atoms with Crippen LogP contribution in [-0.4, -0.2) is 49.1 Å². The number of para-hydroxylation sites is 1. The molecule has 1 aliphatic heterocycles. The molecule has 0 atom stereocenters. The van der Waals surface area contributed by atoms with E-state index in [1.54, 1.807) is 12.5 Å². The van der Waals surface area contributed by atoms with Crippen molar-refractivity contribution in [2.75, 3.05) is 38.2 Å². The van der Waals surface area contributed by atoms with Crippen molar-refractivity contribution in [3.05, 3.63) is 45.4 Å². The lowest BCUT2D eigenvalue weighted by molar-refractivity contribution is 0.0741. The fourth-order valence-corrected chi connectivity index (χ4v) is 3.61. The van der Waals surface area contributed by atoms with Gasteiger partial charge in [0.1, 0.15) is 10.7 Å². The molecule has 23 heavy (non-hydrogen) atoms. The average molecular weight is 352 g/mol. The molecule has 1 aromatic heterocycles. The van der Waals surface area contributed by atoms with E-state index in [1.807, 2.05) is 29.2 Å². The van der Waals surface area contributed by atoms with Crippen molar-refractivity contribution in [2.45, 2.75) is 6.61 Å². The number of anilines is 1. The first-order valence-corrected chi connectivity index (χ1v) is 8.67. The molecule has 3 rings (SSSR count). The zero-order chi connectivity index (χ0) is 16.2.